The first kappa shape index (κ1) is 16.2. The first-order valence-corrected chi connectivity index (χ1v) is 7.21. The van der Waals surface area contributed by atoms with Gasteiger partial charge in [0, 0.05) is 31.1 Å². The zero-order chi connectivity index (χ0) is 16.1. The van der Waals surface area contributed by atoms with Gasteiger partial charge < -0.3 is 24.7 Å². The molecule has 2 rings (SSSR count). The number of ether oxygens (including phenoxy) is 1. The molecule has 2 amide bonds. The summed E-state index contributed by atoms with van der Waals surface area (Å²) in [5.41, 5.74) is 0. The number of amides is 2. The van der Waals surface area contributed by atoms with Crippen LogP contribution in [-0.2, 0) is 0 Å². The van der Waals surface area contributed by atoms with Crippen molar-refractivity contribution < 1.29 is 24.5 Å². The minimum Gasteiger partial charge on any atom is -0.493 e. The number of rotatable bonds is 4. The van der Waals surface area contributed by atoms with Crippen molar-refractivity contribution in [2.24, 2.45) is 0 Å². The van der Waals surface area contributed by atoms with Gasteiger partial charge in [0.25, 0.3) is 0 Å². The Balaban J connectivity index is 1.92. The molecule has 1 atom stereocenters. The molecule has 7 nitrogen and oxygen atoms in total. The second-order valence-electron chi connectivity index (χ2n) is 4.95. The number of piperazine rings is 1. The third-order valence-electron chi connectivity index (χ3n) is 3.51. The van der Waals surface area contributed by atoms with Gasteiger partial charge in [-0.3, -0.25) is 0 Å². The molecule has 2 N–H and O–H groups in total. The molecule has 0 saturated carbocycles. The van der Waals surface area contributed by atoms with Crippen LogP contribution in [0.3, 0.4) is 0 Å². The standard InChI is InChI=1S/C14H17ClN2O5/c15-10-2-1-3-12(8-10)22-7-4-11-9-16(13(18)19)5-6-17(11)14(20)21/h1-3,8,11H,4-7,9H2,(H,18,19)(H,20,21)/t11-/m1/s1. The van der Waals surface area contributed by atoms with Crippen molar-refractivity contribution in [3.05, 3.63) is 29.3 Å². The van der Waals surface area contributed by atoms with Crippen LogP contribution >= 0.6 is 11.6 Å². The van der Waals surface area contributed by atoms with Crippen molar-refractivity contribution in [1.29, 1.82) is 0 Å². The van der Waals surface area contributed by atoms with Crippen molar-refractivity contribution in [3.8, 4) is 5.75 Å². The predicted molar refractivity (Wildman–Crippen MR) is 79.7 cm³/mol. The number of halogens is 1. The van der Waals surface area contributed by atoms with Crippen molar-refractivity contribution in [2.45, 2.75) is 12.5 Å². The molecule has 1 aromatic carbocycles. The molecule has 1 aromatic rings. The molecule has 1 aliphatic heterocycles. The highest BCUT2D eigenvalue weighted by Crippen LogP contribution is 2.19. The maximum atomic E-state index is 11.2. The number of hydrogen-bond acceptors (Lipinski definition) is 3. The maximum Gasteiger partial charge on any atom is 0.407 e. The Morgan fingerprint density at radius 1 is 1.27 bits per heavy atom. The first-order valence-electron chi connectivity index (χ1n) is 6.83. The van der Waals surface area contributed by atoms with Gasteiger partial charge in [-0.25, -0.2) is 9.59 Å². The predicted octanol–water partition coefficient (Wildman–Crippen LogP) is 2.45. The topological polar surface area (TPSA) is 90.3 Å². The third kappa shape index (κ3) is 4.17. The Labute approximate surface area is 132 Å². The fourth-order valence-corrected chi connectivity index (χ4v) is 2.58. The van der Waals surface area contributed by atoms with E-state index in [9.17, 15) is 14.7 Å². The van der Waals surface area contributed by atoms with Crippen LogP contribution in [0.4, 0.5) is 9.59 Å². The van der Waals surface area contributed by atoms with Crippen LogP contribution in [0.1, 0.15) is 6.42 Å². The van der Waals surface area contributed by atoms with Crippen LogP contribution in [0.2, 0.25) is 5.02 Å². The van der Waals surface area contributed by atoms with Crippen LogP contribution in [0.5, 0.6) is 5.75 Å². The van der Waals surface area contributed by atoms with Crippen molar-refractivity contribution in [2.75, 3.05) is 26.2 Å². The molecule has 0 spiro atoms. The van der Waals surface area contributed by atoms with E-state index in [2.05, 4.69) is 0 Å². The summed E-state index contributed by atoms with van der Waals surface area (Å²) in [5.74, 6) is 0.597. The van der Waals surface area contributed by atoms with E-state index in [1.807, 2.05) is 0 Å². The summed E-state index contributed by atoms with van der Waals surface area (Å²) in [6, 6.07) is 6.49. The van der Waals surface area contributed by atoms with Gasteiger partial charge in [0.05, 0.1) is 12.6 Å². The quantitative estimate of drug-likeness (QED) is 0.886. The van der Waals surface area contributed by atoms with Crippen LogP contribution < -0.4 is 4.74 Å². The second kappa shape index (κ2) is 7.22. The largest absolute Gasteiger partial charge is 0.493 e. The number of carboxylic acid groups (broad SMARTS) is 2. The monoisotopic (exact) mass is 328 g/mol. The van der Waals surface area contributed by atoms with E-state index in [-0.39, 0.29) is 26.2 Å². The van der Waals surface area contributed by atoms with Crippen molar-refractivity contribution in [1.82, 2.24) is 9.80 Å². The van der Waals surface area contributed by atoms with Crippen LogP contribution in [-0.4, -0.2) is 64.5 Å². The van der Waals surface area contributed by atoms with Crippen molar-refractivity contribution >= 4 is 23.8 Å². The van der Waals surface area contributed by atoms with Crippen LogP contribution in [0.15, 0.2) is 24.3 Å². The average Bonchev–Trinajstić information content (AvgIpc) is 2.47. The lowest BCUT2D eigenvalue weighted by atomic mass is 10.1. The minimum absolute atomic E-state index is 0.153. The molecule has 0 unspecified atom stereocenters. The number of hydrogen-bond donors (Lipinski definition) is 2. The lowest BCUT2D eigenvalue weighted by Crippen LogP contribution is -2.56. The maximum absolute atomic E-state index is 11.2. The molecule has 120 valence electrons. The third-order valence-corrected chi connectivity index (χ3v) is 3.75. The highest BCUT2D eigenvalue weighted by atomic mass is 35.5. The van der Waals surface area contributed by atoms with Gasteiger partial charge in [0.15, 0.2) is 0 Å². The Bertz CT molecular complexity index is 554. The molecule has 0 aromatic heterocycles. The van der Waals surface area contributed by atoms with E-state index in [0.717, 1.165) is 0 Å². The molecule has 1 saturated heterocycles. The number of nitrogens with zero attached hydrogens (tertiary/aromatic N) is 2. The zero-order valence-electron chi connectivity index (χ0n) is 11.8. The van der Waals surface area contributed by atoms with E-state index in [4.69, 9.17) is 21.4 Å². The molecule has 0 aliphatic carbocycles. The molecule has 8 heteroatoms. The van der Waals surface area contributed by atoms with Gasteiger partial charge in [-0.05, 0) is 18.2 Å². The Kier molecular flexibility index (Phi) is 5.32. The average molecular weight is 329 g/mol. The fraction of sp³-hybridized carbons (Fsp3) is 0.429. The van der Waals surface area contributed by atoms with Crippen molar-refractivity contribution in [3.63, 3.8) is 0 Å². The second-order valence-corrected chi connectivity index (χ2v) is 5.39. The minimum atomic E-state index is -1.04. The summed E-state index contributed by atoms with van der Waals surface area (Å²) >= 11 is 5.85. The first-order chi connectivity index (χ1) is 10.5. The van der Waals surface area contributed by atoms with Crippen LogP contribution in [0, 0.1) is 0 Å². The Morgan fingerprint density at radius 2 is 2.05 bits per heavy atom. The van der Waals surface area contributed by atoms with Gasteiger partial charge in [-0.2, -0.15) is 0 Å². The zero-order valence-corrected chi connectivity index (χ0v) is 12.6. The van der Waals surface area contributed by atoms with E-state index in [1.54, 1.807) is 24.3 Å². The SMILES string of the molecule is O=C(O)N1CCN(C(=O)O)[C@H](CCOc2cccc(Cl)c2)C1. The van der Waals surface area contributed by atoms with Gasteiger partial charge >= 0.3 is 12.2 Å². The van der Waals surface area contributed by atoms with E-state index < -0.39 is 18.2 Å². The molecule has 22 heavy (non-hydrogen) atoms. The normalized spacial score (nSPS) is 18.1. The van der Waals surface area contributed by atoms with E-state index >= 15 is 0 Å². The number of benzene rings is 1. The van der Waals surface area contributed by atoms with Gasteiger partial charge in [-0.15, -0.1) is 0 Å². The Hall–Kier alpha value is -2.15. The van der Waals surface area contributed by atoms with Gasteiger partial charge in [-0.1, -0.05) is 17.7 Å². The fourth-order valence-electron chi connectivity index (χ4n) is 2.40. The van der Waals surface area contributed by atoms with E-state index in [0.29, 0.717) is 17.2 Å². The molecule has 1 heterocycles. The summed E-state index contributed by atoms with van der Waals surface area (Å²) < 4.78 is 5.54. The molecule has 0 radical (unpaired) electrons. The molecule has 0 bridgehead atoms. The molecule has 1 fully saturated rings. The van der Waals surface area contributed by atoms with Gasteiger partial charge in [0.1, 0.15) is 5.75 Å². The molecular formula is C14H17ClN2O5. The van der Waals surface area contributed by atoms with Gasteiger partial charge in [0.2, 0.25) is 0 Å². The molecule has 1 aliphatic rings. The Morgan fingerprint density at radius 3 is 2.68 bits per heavy atom. The lowest BCUT2D eigenvalue weighted by molar-refractivity contribution is 0.0562. The highest BCUT2D eigenvalue weighted by molar-refractivity contribution is 6.30. The highest BCUT2D eigenvalue weighted by Gasteiger charge is 2.32. The summed E-state index contributed by atoms with van der Waals surface area (Å²) in [6.45, 7) is 0.791. The lowest BCUT2D eigenvalue weighted by Gasteiger charge is -2.38. The summed E-state index contributed by atoms with van der Waals surface area (Å²) in [4.78, 5) is 24.7. The number of carbonyl (C=O) groups is 2. The summed E-state index contributed by atoms with van der Waals surface area (Å²) in [7, 11) is 0. The smallest absolute Gasteiger partial charge is 0.407 e. The summed E-state index contributed by atoms with van der Waals surface area (Å²) in [5, 5.41) is 18.8. The molecular weight excluding hydrogens is 312 g/mol. The summed E-state index contributed by atoms with van der Waals surface area (Å²) in [6.07, 6.45) is -1.67. The van der Waals surface area contributed by atoms with Crippen LogP contribution in [0.25, 0.3) is 0 Å². The van der Waals surface area contributed by atoms with E-state index in [1.165, 1.54) is 9.80 Å².